The van der Waals surface area contributed by atoms with Crippen LogP contribution in [0.2, 0.25) is 10.0 Å². The van der Waals surface area contributed by atoms with Crippen molar-refractivity contribution >= 4 is 39.1 Å². The highest BCUT2D eigenvalue weighted by Crippen LogP contribution is 2.40. The van der Waals surface area contributed by atoms with E-state index in [0.717, 1.165) is 0 Å². The molecule has 0 saturated carbocycles. The van der Waals surface area contributed by atoms with Gasteiger partial charge in [0.25, 0.3) is 0 Å². The molecule has 2 rings (SSSR count). The van der Waals surface area contributed by atoms with Gasteiger partial charge >= 0.3 is 0 Å². The van der Waals surface area contributed by atoms with E-state index in [1.165, 1.54) is 6.26 Å². The van der Waals surface area contributed by atoms with E-state index >= 15 is 0 Å². The zero-order chi connectivity index (χ0) is 14.0. The molecule has 0 bridgehead atoms. The Morgan fingerprint density at radius 1 is 1.26 bits per heavy atom. The van der Waals surface area contributed by atoms with Crippen molar-refractivity contribution in [2.24, 2.45) is 5.73 Å². The van der Waals surface area contributed by atoms with Crippen LogP contribution in [0.3, 0.4) is 0 Å². The molecule has 19 heavy (non-hydrogen) atoms. The fraction of sp³-hybridized carbons (Fsp3) is 0.231. The van der Waals surface area contributed by atoms with Crippen LogP contribution in [0.5, 0.6) is 0 Å². The predicted molar refractivity (Wildman–Crippen MR) is 79.6 cm³/mol. The first-order chi connectivity index (χ1) is 9.06. The average Bonchev–Trinajstić information content (AvgIpc) is 2.79. The highest BCUT2D eigenvalue weighted by molar-refractivity contribution is 9.10. The summed E-state index contributed by atoms with van der Waals surface area (Å²) >= 11 is 15.6. The van der Waals surface area contributed by atoms with Gasteiger partial charge in [-0.25, -0.2) is 0 Å². The van der Waals surface area contributed by atoms with Crippen LogP contribution in [0.4, 0.5) is 0 Å². The van der Waals surface area contributed by atoms with Crippen LogP contribution in [0.1, 0.15) is 23.1 Å². The first-order valence-electron chi connectivity index (χ1n) is 5.61. The van der Waals surface area contributed by atoms with E-state index in [2.05, 4.69) is 15.9 Å². The highest BCUT2D eigenvalue weighted by Gasteiger charge is 2.28. The monoisotopic (exact) mass is 363 g/mol. The number of hydrogen-bond acceptors (Lipinski definition) is 3. The van der Waals surface area contributed by atoms with Gasteiger partial charge in [-0.2, -0.15) is 0 Å². The summed E-state index contributed by atoms with van der Waals surface area (Å²) in [6.07, 6.45) is 0.639. The van der Waals surface area contributed by atoms with Crippen LogP contribution in [0.25, 0.3) is 0 Å². The number of nitrogens with two attached hydrogens (primary N) is 1. The van der Waals surface area contributed by atoms with Gasteiger partial charge < -0.3 is 15.3 Å². The van der Waals surface area contributed by atoms with E-state index in [1.807, 2.05) is 0 Å². The standard InChI is InChI=1S/C13H12BrCl2NO2/c14-13-7(4-5-19-13)12(18)8(6-17)11-9(15)2-1-3-10(11)16/h1-5,8,12,18H,6,17H2. The third-order valence-electron chi connectivity index (χ3n) is 2.97. The maximum absolute atomic E-state index is 10.5. The van der Waals surface area contributed by atoms with Gasteiger partial charge in [0.2, 0.25) is 0 Å². The molecule has 1 aromatic heterocycles. The molecule has 0 radical (unpaired) electrons. The summed E-state index contributed by atoms with van der Waals surface area (Å²) in [5.41, 5.74) is 7.04. The van der Waals surface area contributed by atoms with Crippen LogP contribution >= 0.6 is 39.1 Å². The molecule has 6 heteroatoms. The zero-order valence-corrected chi connectivity index (χ0v) is 12.9. The largest absolute Gasteiger partial charge is 0.457 e. The molecular weight excluding hydrogens is 353 g/mol. The summed E-state index contributed by atoms with van der Waals surface area (Å²) in [5, 5.41) is 11.4. The summed E-state index contributed by atoms with van der Waals surface area (Å²) < 4.78 is 5.60. The summed E-state index contributed by atoms with van der Waals surface area (Å²) in [5.74, 6) is -0.407. The minimum atomic E-state index is -0.851. The first-order valence-corrected chi connectivity index (χ1v) is 7.16. The van der Waals surface area contributed by atoms with Crippen molar-refractivity contribution in [3.8, 4) is 0 Å². The molecule has 0 aliphatic carbocycles. The Bertz CT molecular complexity index is 553. The molecule has 0 saturated heterocycles. The van der Waals surface area contributed by atoms with Crippen LogP contribution in [-0.4, -0.2) is 11.7 Å². The smallest absolute Gasteiger partial charge is 0.174 e. The van der Waals surface area contributed by atoms with Gasteiger partial charge in [0.05, 0.1) is 12.4 Å². The summed E-state index contributed by atoms with van der Waals surface area (Å²) in [6, 6.07) is 6.88. The van der Waals surface area contributed by atoms with Crippen LogP contribution < -0.4 is 5.73 Å². The van der Waals surface area contributed by atoms with Crippen molar-refractivity contribution in [1.82, 2.24) is 0 Å². The Hall–Kier alpha value is -0.520. The third-order valence-corrected chi connectivity index (χ3v) is 4.27. The molecule has 3 N–H and O–H groups in total. The Morgan fingerprint density at radius 2 is 1.89 bits per heavy atom. The van der Waals surface area contributed by atoms with Gasteiger partial charge in [0.1, 0.15) is 0 Å². The minimum Gasteiger partial charge on any atom is -0.457 e. The topological polar surface area (TPSA) is 59.4 Å². The molecule has 1 aromatic carbocycles. The summed E-state index contributed by atoms with van der Waals surface area (Å²) in [6.45, 7) is 0.211. The molecule has 0 fully saturated rings. The Labute approximate surface area is 129 Å². The molecule has 2 unspecified atom stereocenters. The lowest BCUT2D eigenvalue weighted by atomic mass is 9.90. The number of rotatable bonds is 4. The maximum atomic E-state index is 10.5. The number of aliphatic hydroxyl groups is 1. The van der Waals surface area contributed by atoms with Gasteiger partial charge in [0.15, 0.2) is 4.67 Å². The van der Waals surface area contributed by atoms with Gasteiger partial charge in [-0.15, -0.1) is 0 Å². The van der Waals surface area contributed by atoms with Crippen molar-refractivity contribution in [3.05, 3.63) is 56.4 Å². The van der Waals surface area contributed by atoms with Crippen LogP contribution in [0.15, 0.2) is 39.6 Å². The molecule has 0 amide bonds. The lowest BCUT2D eigenvalue weighted by molar-refractivity contribution is 0.145. The molecule has 0 aliphatic heterocycles. The van der Waals surface area contributed by atoms with Crippen molar-refractivity contribution in [2.45, 2.75) is 12.0 Å². The maximum Gasteiger partial charge on any atom is 0.174 e. The molecule has 1 heterocycles. The van der Waals surface area contributed by atoms with E-state index in [-0.39, 0.29) is 6.54 Å². The number of hydrogen-bond donors (Lipinski definition) is 2. The molecule has 2 aromatic rings. The van der Waals surface area contributed by atoms with E-state index in [9.17, 15) is 5.11 Å². The Balaban J connectivity index is 2.43. The number of aliphatic hydroxyl groups excluding tert-OH is 1. The SMILES string of the molecule is NCC(c1c(Cl)cccc1Cl)C(O)c1ccoc1Br. The summed E-state index contributed by atoms with van der Waals surface area (Å²) in [7, 11) is 0. The second-order valence-corrected chi connectivity index (χ2v) is 5.61. The first kappa shape index (κ1) is 14.9. The molecule has 3 nitrogen and oxygen atoms in total. The minimum absolute atomic E-state index is 0.211. The number of halogens is 3. The lowest BCUT2D eigenvalue weighted by Crippen LogP contribution is -2.21. The normalized spacial score (nSPS) is 14.4. The Morgan fingerprint density at radius 3 is 2.37 bits per heavy atom. The lowest BCUT2D eigenvalue weighted by Gasteiger charge is -2.23. The predicted octanol–water partition coefficient (Wildman–Crippen LogP) is 4.12. The second-order valence-electron chi connectivity index (χ2n) is 4.07. The molecule has 102 valence electrons. The van der Waals surface area contributed by atoms with Gasteiger partial charge in [0, 0.05) is 28.1 Å². The van der Waals surface area contributed by atoms with Gasteiger partial charge in [-0.05, 0) is 39.7 Å². The fourth-order valence-corrected chi connectivity index (χ4v) is 3.15. The number of benzene rings is 1. The van der Waals surface area contributed by atoms with E-state index < -0.39 is 12.0 Å². The molecular formula is C13H12BrCl2NO2. The zero-order valence-electron chi connectivity index (χ0n) is 9.82. The van der Waals surface area contributed by atoms with E-state index in [0.29, 0.717) is 25.8 Å². The van der Waals surface area contributed by atoms with E-state index in [1.54, 1.807) is 24.3 Å². The second kappa shape index (κ2) is 6.29. The van der Waals surface area contributed by atoms with Crippen molar-refractivity contribution in [1.29, 1.82) is 0 Å². The highest BCUT2D eigenvalue weighted by atomic mass is 79.9. The number of furan rings is 1. The third kappa shape index (κ3) is 2.98. The van der Waals surface area contributed by atoms with Crippen LogP contribution in [-0.2, 0) is 0 Å². The van der Waals surface area contributed by atoms with Gasteiger partial charge in [-0.1, -0.05) is 29.3 Å². The van der Waals surface area contributed by atoms with Crippen LogP contribution in [0, 0.1) is 0 Å². The van der Waals surface area contributed by atoms with Crippen molar-refractivity contribution in [2.75, 3.05) is 6.54 Å². The fourth-order valence-electron chi connectivity index (χ4n) is 2.00. The summed E-state index contributed by atoms with van der Waals surface area (Å²) in [4.78, 5) is 0. The molecule has 0 spiro atoms. The average molecular weight is 365 g/mol. The molecule has 0 aliphatic rings. The molecule has 2 atom stereocenters. The van der Waals surface area contributed by atoms with Crippen molar-refractivity contribution < 1.29 is 9.52 Å². The van der Waals surface area contributed by atoms with E-state index in [4.69, 9.17) is 33.4 Å². The Kier molecular flexibility index (Phi) is 4.92. The van der Waals surface area contributed by atoms with Crippen molar-refractivity contribution in [3.63, 3.8) is 0 Å². The quantitative estimate of drug-likeness (QED) is 0.857. The van der Waals surface area contributed by atoms with Gasteiger partial charge in [-0.3, -0.25) is 0 Å².